The summed E-state index contributed by atoms with van der Waals surface area (Å²) in [6, 6.07) is 8.42. The Bertz CT molecular complexity index is 1720. The zero-order chi connectivity index (χ0) is 33.9. The number of alkyl halides is 6. The summed E-state index contributed by atoms with van der Waals surface area (Å²) in [6.45, 7) is 12.3. The van der Waals surface area contributed by atoms with Gasteiger partial charge in [-0.3, -0.25) is 14.7 Å². The van der Waals surface area contributed by atoms with Crippen LogP contribution in [0.2, 0.25) is 0 Å². The number of anilines is 1. The molecule has 4 aromatic rings. The second kappa shape index (κ2) is 13.5. The molecule has 0 atom stereocenters. The Morgan fingerprint density at radius 2 is 1.47 bits per heavy atom. The maximum atomic E-state index is 12.9. The van der Waals surface area contributed by atoms with Crippen LogP contribution in [0.1, 0.15) is 25.2 Å². The van der Waals surface area contributed by atoms with Crippen LogP contribution < -0.4 is 10.5 Å². The number of aromatic nitrogens is 5. The van der Waals surface area contributed by atoms with Gasteiger partial charge < -0.3 is 20.1 Å². The third-order valence-corrected chi connectivity index (χ3v) is 6.59. The fourth-order valence-electron chi connectivity index (χ4n) is 4.35. The van der Waals surface area contributed by atoms with Gasteiger partial charge in [0.2, 0.25) is 0 Å². The molecule has 1 saturated heterocycles. The smallest absolute Gasteiger partial charge is 0.475 e. The van der Waals surface area contributed by atoms with Gasteiger partial charge in [-0.25, -0.2) is 19.1 Å². The van der Waals surface area contributed by atoms with Crippen LogP contribution in [0.5, 0.6) is 0 Å². The van der Waals surface area contributed by atoms with E-state index in [0.29, 0.717) is 28.5 Å². The number of carboxylic acids is 2. The van der Waals surface area contributed by atoms with Gasteiger partial charge in [-0.2, -0.15) is 31.4 Å². The van der Waals surface area contributed by atoms with Crippen molar-refractivity contribution >= 4 is 34.0 Å². The first kappa shape index (κ1) is 34.7. The maximum Gasteiger partial charge on any atom is 0.490 e. The summed E-state index contributed by atoms with van der Waals surface area (Å²) >= 11 is 0. The number of fused-ring (bicyclic) bond motifs is 2. The van der Waals surface area contributed by atoms with Gasteiger partial charge in [-0.05, 0) is 52.0 Å². The molecule has 0 aliphatic carbocycles. The molecule has 1 aromatic carbocycles. The Morgan fingerprint density at radius 1 is 0.911 bits per heavy atom. The number of aromatic amines is 1. The Morgan fingerprint density at radius 3 is 1.98 bits per heavy atom. The average Bonchev–Trinajstić information content (AvgIpc) is 3.37. The molecule has 0 amide bonds. The van der Waals surface area contributed by atoms with Gasteiger partial charge in [-0.15, -0.1) is 0 Å². The minimum Gasteiger partial charge on any atom is -0.475 e. The number of hydrogen-bond acceptors (Lipinski definition) is 8. The number of piperazine rings is 1. The molecule has 0 unspecified atom stereocenters. The highest BCUT2D eigenvalue weighted by Gasteiger charge is 2.38. The van der Waals surface area contributed by atoms with Crippen LogP contribution in [-0.2, 0) is 9.59 Å². The number of benzene rings is 1. The van der Waals surface area contributed by atoms with Gasteiger partial charge in [0.05, 0.1) is 34.0 Å². The number of nitrogens with one attached hydrogen (secondary N) is 1. The van der Waals surface area contributed by atoms with E-state index in [9.17, 15) is 31.1 Å². The van der Waals surface area contributed by atoms with E-state index in [2.05, 4.69) is 44.8 Å². The van der Waals surface area contributed by atoms with E-state index in [4.69, 9.17) is 24.8 Å². The lowest BCUT2D eigenvalue weighted by Crippen LogP contribution is -2.48. The second-order valence-electron chi connectivity index (χ2n) is 10.2. The molecular weight excluding hydrogens is 616 g/mol. The topological polar surface area (TPSA) is 157 Å². The third kappa shape index (κ3) is 8.90. The summed E-state index contributed by atoms with van der Waals surface area (Å²) < 4.78 is 65.3. The summed E-state index contributed by atoms with van der Waals surface area (Å²) in [6.07, 6.45) is -8.30. The van der Waals surface area contributed by atoms with Gasteiger partial charge in [-0.1, -0.05) is 0 Å². The van der Waals surface area contributed by atoms with E-state index >= 15 is 0 Å². The number of halogens is 6. The molecule has 0 radical (unpaired) electrons. The van der Waals surface area contributed by atoms with E-state index in [1.807, 2.05) is 38.2 Å². The monoisotopic (exact) mass is 645 g/mol. The molecule has 0 saturated carbocycles. The van der Waals surface area contributed by atoms with Crippen molar-refractivity contribution in [3.8, 4) is 11.5 Å². The quantitative estimate of drug-likeness (QED) is 0.278. The predicted molar refractivity (Wildman–Crippen MR) is 150 cm³/mol. The normalized spacial score (nSPS) is 14.2. The van der Waals surface area contributed by atoms with Gasteiger partial charge >= 0.3 is 24.3 Å². The van der Waals surface area contributed by atoms with Gasteiger partial charge in [0.1, 0.15) is 5.69 Å². The van der Waals surface area contributed by atoms with Gasteiger partial charge in [0.15, 0.2) is 5.82 Å². The number of nitrogens with zero attached hydrogens (tertiary/aromatic N) is 6. The molecule has 5 rings (SSSR count). The molecule has 45 heavy (non-hydrogen) atoms. The first-order chi connectivity index (χ1) is 20.8. The number of carboxylic acid groups (broad SMARTS) is 2. The summed E-state index contributed by atoms with van der Waals surface area (Å²) in [5.74, 6) is -5.04. The Labute approximate surface area is 250 Å². The zero-order valence-electron chi connectivity index (χ0n) is 24.4. The van der Waals surface area contributed by atoms with Crippen molar-refractivity contribution in [1.82, 2.24) is 29.5 Å². The predicted octanol–water partition coefficient (Wildman–Crippen LogP) is 4.05. The molecule has 0 spiro atoms. The Hall–Kier alpha value is -4.74. The molecule has 3 N–H and O–H groups in total. The lowest BCUT2D eigenvalue weighted by molar-refractivity contribution is -0.193. The van der Waals surface area contributed by atoms with Crippen LogP contribution >= 0.6 is 0 Å². The summed E-state index contributed by atoms with van der Waals surface area (Å²) in [5.41, 5.74) is 4.91. The number of aryl methyl sites for hydroxylation is 2. The first-order valence-corrected chi connectivity index (χ1v) is 13.2. The SMILES string of the molecule is Cc1cn2nc(-c3nc4ccc(N5CCN(C(C)C)CC5)cc4c(=O)[nH]3)cc2c(C)n1.O=C(O)C(F)(F)F.O=C(O)C(F)(F)F. The van der Waals surface area contributed by atoms with Crippen LogP contribution in [0.4, 0.5) is 32.0 Å². The fraction of sp³-hybridized carbons (Fsp3) is 0.407. The van der Waals surface area contributed by atoms with E-state index in [-0.39, 0.29) is 5.56 Å². The van der Waals surface area contributed by atoms with Crippen molar-refractivity contribution in [1.29, 1.82) is 0 Å². The van der Waals surface area contributed by atoms with Crippen molar-refractivity contribution in [3.63, 3.8) is 0 Å². The van der Waals surface area contributed by atoms with Crippen LogP contribution in [-0.4, -0.2) is 96.2 Å². The number of hydrogen-bond donors (Lipinski definition) is 3. The lowest BCUT2D eigenvalue weighted by atomic mass is 10.1. The van der Waals surface area contributed by atoms with Crippen LogP contribution in [0.3, 0.4) is 0 Å². The van der Waals surface area contributed by atoms with Crippen LogP contribution in [0.15, 0.2) is 35.3 Å². The van der Waals surface area contributed by atoms with Crippen molar-refractivity contribution in [2.45, 2.75) is 46.1 Å². The zero-order valence-corrected chi connectivity index (χ0v) is 24.4. The molecule has 4 heterocycles. The lowest BCUT2D eigenvalue weighted by Gasteiger charge is -2.38. The molecule has 0 bridgehead atoms. The van der Waals surface area contributed by atoms with E-state index in [1.165, 1.54) is 0 Å². The summed E-state index contributed by atoms with van der Waals surface area (Å²) in [4.78, 5) is 47.6. The Kier molecular flexibility index (Phi) is 10.4. The molecule has 1 fully saturated rings. The van der Waals surface area contributed by atoms with Crippen molar-refractivity contribution in [2.24, 2.45) is 0 Å². The fourth-order valence-corrected chi connectivity index (χ4v) is 4.35. The standard InChI is InChI=1S/C23H27N7O.2C2HF3O2/c1-14(2)28-7-9-29(10-8-28)17-5-6-19-18(11-17)23(31)26-22(25-19)20-12-21-16(4)24-15(3)13-30(21)27-20;2*3-2(4,5)1(6)7/h5-6,11-14H,7-10H2,1-4H3,(H,25,26,31);2*(H,6,7). The Balaban J connectivity index is 0.000000331. The molecule has 18 heteroatoms. The minimum absolute atomic E-state index is 0.147. The second-order valence-corrected chi connectivity index (χ2v) is 10.2. The largest absolute Gasteiger partial charge is 0.490 e. The van der Waals surface area contributed by atoms with Crippen LogP contribution in [0.25, 0.3) is 27.9 Å². The van der Waals surface area contributed by atoms with Crippen molar-refractivity contribution in [3.05, 3.63) is 52.2 Å². The molecule has 1 aliphatic heterocycles. The highest BCUT2D eigenvalue weighted by Crippen LogP contribution is 2.23. The van der Waals surface area contributed by atoms with E-state index in [0.717, 1.165) is 48.8 Å². The van der Waals surface area contributed by atoms with Crippen molar-refractivity contribution < 1.29 is 46.1 Å². The summed E-state index contributed by atoms with van der Waals surface area (Å²) in [7, 11) is 0. The van der Waals surface area contributed by atoms with E-state index < -0.39 is 24.3 Å². The number of H-pyrrole nitrogens is 1. The highest BCUT2D eigenvalue weighted by molar-refractivity contribution is 5.83. The van der Waals surface area contributed by atoms with E-state index in [1.54, 1.807) is 4.52 Å². The minimum atomic E-state index is -5.08. The van der Waals surface area contributed by atoms with Gasteiger partial charge in [0.25, 0.3) is 5.56 Å². The molecule has 1 aliphatic rings. The first-order valence-electron chi connectivity index (χ1n) is 13.2. The third-order valence-electron chi connectivity index (χ3n) is 6.59. The van der Waals surface area contributed by atoms with Crippen LogP contribution in [0, 0.1) is 13.8 Å². The molecule has 3 aromatic heterocycles. The number of carbonyl (C=O) groups is 2. The maximum absolute atomic E-state index is 12.9. The molecule has 12 nitrogen and oxygen atoms in total. The molecular formula is C27H29F6N7O5. The van der Waals surface area contributed by atoms with Crippen molar-refractivity contribution in [2.75, 3.05) is 31.1 Å². The molecule has 244 valence electrons. The number of rotatable bonds is 3. The summed E-state index contributed by atoms with van der Waals surface area (Å²) in [5, 5.41) is 19.4. The average molecular weight is 646 g/mol. The van der Waals surface area contributed by atoms with Gasteiger partial charge in [0, 0.05) is 37.9 Å². The number of aliphatic carboxylic acids is 2. The highest BCUT2D eigenvalue weighted by atomic mass is 19.4.